The molecule has 1 aromatic rings. The van der Waals surface area contributed by atoms with E-state index in [0.29, 0.717) is 17.9 Å². The van der Waals surface area contributed by atoms with Gasteiger partial charge in [0.1, 0.15) is 0 Å². The lowest BCUT2D eigenvalue weighted by Gasteiger charge is -2.25. The third-order valence-corrected chi connectivity index (χ3v) is 6.30. The summed E-state index contributed by atoms with van der Waals surface area (Å²) in [4.78, 5) is 0.387. The van der Waals surface area contributed by atoms with E-state index in [1.807, 2.05) is 32.2 Å². The van der Waals surface area contributed by atoms with Gasteiger partial charge < -0.3 is 5.73 Å². The number of nitrogens with two attached hydrogens (primary N) is 1. The van der Waals surface area contributed by atoms with Crippen molar-refractivity contribution >= 4 is 21.8 Å². The Hall–Kier alpha value is -0.560. The van der Waals surface area contributed by atoms with Gasteiger partial charge in [-0.2, -0.15) is 16.1 Å². The van der Waals surface area contributed by atoms with Gasteiger partial charge in [-0.3, -0.25) is 0 Å². The second-order valence-corrected chi connectivity index (χ2v) is 7.70. The molecule has 6 heteroatoms. The van der Waals surface area contributed by atoms with Gasteiger partial charge in [0.15, 0.2) is 0 Å². The maximum atomic E-state index is 12.8. The molecular weight excluding hydrogens is 292 g/mol. The van der Waals surface area contributed by atoms with E-state index in [-0.39, 0.29) is 6.04 Å². The molecule has 0 aromatic heterocycles. The van der Waals surface area contributed by atoms with Crippen LogP contribution in [-0.2, 0) is 23.0 Å². The van der Waals surface area contributed by atoms with Crippen LogP contribution in [0.5, 0.6) is 0 Å². The normalized spacial score (nSPS) is 13.7. The molecule has 0 aliphatic heterocycles. The van der Waals surface area contributed by atoms with Crippen LogP contribution >= 0.6 is 11.8 Å². The molecule has 0 aliphatic carbocycles. The Morgan fingerprint density at radius 1 is 1.40 bits per heavy atom. The zero-order valence-corrected chi connectivity index (χ0v) is 14.2. The van der Waals surface area contributed by atoms with Crippen molar-refractivity contribution in [3.8, 4) is 0 Å². The van der Waals surface area contributed by atoms with E-state index in [1.165, 1.54) is 4.31 Å². The quantitative estimate of drug-likeness (QED) is 0.836. The van der Waals surface area contributed by atoms with Crippen LogP contribution in [0.4, 0.5) is 0 Å². The number of rotatable bonds is 7. The molecule has 0 radical (unpaired) electrons. The molecule has 0 bridgehead atoms. The molecule has 0 saturated heterocycles. The fraction of sp³-hybridized carbons (Fsp3) is 0.571. The van der Waals surface area contributed by atoms with E-state index in [1.54, 1.807) is 24.9 Å². The number of thioether (sulfide) groups is 1. The molecule has 0 heterocycles. The monoisotopic (exact) mass is 316 g/mol. The second-order valence-electron chi connectivity index (χ2n) is 4.83. The van der Waals surface area contributed by atoms with Crippen molar-refractivity contribution in [2.75, 3.05) is 19.1 Å². The Morgan fingerprint density at radius 2 is 2.05 bits per heavy atom. The van der Waals surface area contributed by atoms with E-state index < -0.39 is 10.0 Å². The highest BCUT2D eigenvalue weighted by atomic mass is 32.2. The minimum absolute atomic E-state index is 0.0405. The lowest BCUT2D eigenvalue weighted by Crippen LogP contribution is -2.37. The summed E-state index contributed by atoms with van der Waals surface area (Å²) in [6.07, 6.45) is 2.66. The van der Waals surface area contributed by atoms with Crippen molar-refractivity contribution in [3.05, 3.63) is 29.3 Å². The van der Waals surface area contributed by atoms with Crippen LogP contribution in [0.15, 0.2) is 23.1 Å². The summed E-state index contributed by atoms with van der Waals surface area (Å²) >= 11 is 1.64. The van der Waals surface area contributed by atoms with Crippen molar-refractivity contribution in [1.82, 2.24) is 4.31 Å². The highest BCUT2D eigenvalue weighted by molar-refractivity contribution is 7.98. The van der Waals surface area contributed by atoms with E-state index in [4.69, 9.17) is 5.73 Å². The van der Waals surface area contributed by atoms with Gasteiger partial charge in [0.2, 0.25) is 10.0 Å². The molecule has 0 amide bonds. The van der Waals surface area contributed by atoms with Gasteiger partial charge in [-0.1, -0.05) is 19.1 Å². The number of hydrogen-bond donors (Lipinski definition) is 1. The maximum absolute atomic E-state index is 12.8. The van der Waals surface area contributed by atoms with Crippen LogP contribution < -0.4 is 5.73 Å². The molecule has 0 fully saturated rings. The molecule has 0 spiro atoms. The van der Waals surface area contributed by atoms with Crippen LogP contribution in [0.3, 0.4) is 0 Å². The van der Waals surface area contributed by atoms with Gasteiger partial charge >= 0.3 is 0 Å². The Labute approximate surface area is 126 Å². The second kappa shape index (κ2) is 7.45. The predicted octanol–water partition coefficient (Wildman–Crippen LogP) is 2.08. The Balaban J connectivity index is 3.26. The number of hydrogen-bond acceptors (Lipinski definition) is 4. The first-order valence-corrected chi connectivity index (χ1v) is 9.50. The van der Waals surface area contributed by atoms with Crippen molar-refractivity contribution in [1.29, 1.82) is 0 Å². The molecule has 0 saturated carbocycles. The number of aryl methyl sites for hydroxylation is 1. The first kappa shape index (κ1) is 17.5. The van der Waals surface area contributed by atoms with E-state index in [9.17, 15) is 8.42 Å². The van der Waals surface area contributed by atoms with E-state index in [0.717, 1.165) is 16.9 Å². The van der Waals surface area contributed by atoms with E-state index >= 15 is 0 Å². The third-order valence-electron chi connectivity index (χ3n) is 3.43. The van der Waals surface area contributed by atoms with Gasteiger partial charge in [-0.25, -0.2) is 8.42 Å². The molecule has 2 N–H and O–H groups in total. The van der Waals surface area contributed by atoms with Crippen LogP contribution in [0.2, 0.25) is 0 Å². The molecule has 4 nitrogen and oxygen atoms in total. The smallest absolute Gasteiger partial charge is 0.243 e. The lowest BCUT2D eigenvalue weighted by molar-refractivity contribution is 0.414. The molecule has 114 valence electrons. The Morgan fingerprint density at radius 3 is 2.55 bits per heavy atom. The highest BCUT2D eigenvalue weighted by Crippen LogP contribution is 2.23. The summed E-state index contributed by atoms with van der Waals surface area (Å²) in [5.41, 5.74) is 7.30. The summed E-state index contributed by atoms with van der Waals surface area (Å²) in [7, 11) is -1.83. The SMILES string of the molecule is CCc1ccc(CN)cc1S(=O)(=O)N(C)C(C)CSC. The highest BCUT2D eigenvalue weighted by Gasteiger charge is 2.27. The van der Waals surface area contributed by atoms with Crippen molar-refractivity contribution in [2.45, 2.75) is 37.8 Å². The average molecular weight is 316 g/mol. The summed E-state index contributed by atoms with van der Waals surface area (Å²) in [6.45, 7) is 4.23. The molecule has 0 aliphatic rings. The molecular formula is C14H24N2O2S2. The maximum Gasteiger partial charge on any atom is 0.243 e. The average Bonchev–Trinajstić information content (AvgIpc) is 2.45. The van der Waals surface area contributed by atoms with Gasteiger partial charge in [0.05, 0.1) is 4.90 Å². The summed E-state index contributed by atoms with van der Waals surface area (Å²) in [5.74, 6) is 0.772. The Bertz CT molecular complexity index is 544. The zero-order valence-electron chi connectivity index (χ0n) is 12.6. The molecule has 20 heavy (non-hydrogen) atoms. The van der Waals surface area contributed by atoms with Gasteiger partial charge in [0.25, 0.3) is 0 Å². The topological polar surface area (TPSA) is 63.4 Å². The fourth-order valence-electron chi connectivity index (χ4n) is 2.00. The summed E-state index contributed by atoms with van der Waals surface area (Å²) in [5, 5.41) is 0. The number of benzene rings is 1. The van der Waals surface area contributed by atoms with Crippen LogP contribution in [0.25, 0.3) is 0 Å². The number of nitrogens with zero attached hydrogens (tertiary/aromatic N) is 1. The minimum atomic E-state index is -3.47. The summed E-state index contributed by atoms with van der Waals surface area (Å²) in [6, 6.07) is 5.42. The standard InChI is InChI=1S/C14H24N2O2S2/c1-5-13-7-6-12(9-15)8-14(13)20(17,18)16(3)11(2)10-19-4/h6-8,11H,5,9-10,15H2,1-4H3. The van der Waals surface area contributed by atoms with Crippen molar-refractivity contribution < 1.29 is 8.42 Å². The van der Waals surface area contributed by atoms with Gasteiger partial charge in [-0.15, -0.1) is 0 Å². The Kier molecular flexibility index (Phi) is 6.51. The summed E-state index contributed by atoms with van der Waals surface area (Å²) < 4.78 is 27.0. The van der Waals surface area contributed by atoms with E-state index in [2.05, 4.69) is 0 Å². The zero-order chi connectivity index (χ0) is 15.3. The number of sulfonamides is 1. The third kappa shape index (κ3) is 3.75. The fourth-order valence-corrected chi connectivity index (χ4v) is 4.50. The van der Waals surface area contributed by atoms with Crippen LogP contribution in [0, 0.1) is 0 Å². The largest absolute Gasteiger partial charge is 0.326 e. The van der Waals surface area contributed by atoms with Gasteiger partial charge in [-0.05, 0) is 36.8 Å². The first-order chi connectivity index (χ1) is 9.38. The first-order valence-electron chi connectivity index (χ1n) is 6.67. The van der Waals surface area contributed by atoms with Crippen molar-refractivity contribution in [2.24, 2.45) is 5.73 Å². The molecule has 1 unspecified atom stereocenters. The molecule has 1 aromatic carbocycles. The van der Waals surface area contributed by atoms with Crippen LogP contribution in [0.1, 0.15) is 25.0 Å². The van der Waals surface area contributed by atoms with Crippen LogP contribution in [-0.4, -0.2) is 37.8 Å². The molecule has 1 rings (SSSR count). The van der Waals surface area contributed by atoms with Crippen molar-refractivity contribution in [3.63, 3.8) is 0 Å². The predicted molar refractivity (Wildman–Crippen MR) is 86.5 cm³/mol. The lowest BCUT2D eigenvalue weighted by atomic mass is 10.1. The molecule has 1 atom stereocenters. The van der Waals surface area contributed by atoms with Gasteiger partial charge in [0, 0.05) is 25.4 Å². The minimum Gasteiger partial charge on any atom is -0.326 e.